The second kappa shape index (κ2) is 7.11. The predicted octanol–water partition coefficient (Wildman–Crippen LogP) is 1.80. The Morgan fingerprint density at radius 2 is 1.83 bits per heavy atom. The van der Waals surface area contributed by atoms with Gasteiger partial charge in [-0.25, -0.2) is 8.42 Å². The monoisotopic (exact) mass is 345 g/mol. The number of nitrogens with zero attached hydrogens (tertiary/aromatic N) is 2. The van der Waals surface area contributed by atoms with Crippen LogP contribution in [-0.4, -0.2) is 36.7 Å². The van der Waals surface area contributed by atoms with Crippen molar-refractivity contribution in [3.63, 3.8) is 0 Å². The van der Waals surface area contributed by atoms with Crippen LogP contribution in [-0.2, 0) is 16.6 Å². The van der Waals surface area contributed by atoms with Gasteiger partial charge in [0.25, 0.3) is 5.91 Å². The van der Waals surface area contributed by atoms with Gasteiger partial charge in [-0.3, -0.25) is 9.78 Å². The molecule has 1 N–H and O–H groups in total. The molecule has 7 heteroatoms. The molecule has 6 nitrogen and oxygen atoms in total. The van der Waals surface area contributed by atoms with E-state index in [-0.39, 0.29) is 10.8 Å². The molecule has 24 heavy (non-hydrogen) atoms. The van der Waals surface area contributed by atoms with E-state index in [4.69, 9.17) is 0 Å². The summed E-state index contributed by atoms with van der Waals surface area (Å²) in [6.45, 7) is 1.51. The molecule has 126 valence electrons. The van der Waals surface area contributed by atoms with Crippen LogP contribution < -0.4 is 5.32 Å². The zero-order valence-corrected chi connectivity index (χ0v) is 14.0. The van der Waals surface area contributed by atoms with Crippen LogP contribution >= 0.6 is 0 Å². The lowest BCUT2D eigenvalue weighted by Gasteiger charge is -2.15. The van der Waals surface area contributed by atoms with Crippen LogP contribution in [0.15, 0.2) is 53.7 Å². The van der Waals surface area contributed by atoms with Gasteiger partial charge in [0.2, 0.25) is 10.0 Å². The molecule has 2 heterocycles. The minimum Gasteiger partial charge on any atom is -0.348 e. The van der Waals surface area contributed by atoms with E-state index in [1.807, 2.05) is 6.07 Å². The fraction of sp³-hybridized carbons (Fsp3) is 0.294. The molecule has 1 aliphatic heterocycles. The predicted molar refractivity (Wildman–Crippen MR) is 89.8 cm³/mol. The molecule has 0 bridgehead atoms. The topological polar surface area (TPSA) is 79.4 Å². The number of nitrogens with one attached hydrogen (secondary N) is 1. The maximum atomic E-state index is 12.4. The van der Waals surface area contributed by atoms with Crippen molar-refractivity contribution in [3.05, 3.63) is 59.9 Å². The van der Waals surface area contributed by atoms with Gasteiger partial charge in [-0.05, 0) is 48.7 Å². The van der Waals surface area contributed by atoms with Crippen LogP contribution in [0.4, 0.5) is 0 Å². The summed E-state index contributed by atoms with van der Waals surface area (Å²) < 4.78 is 26.4. The number of aromatic nitrogens is 1. The van der Waals surface area contributed by atoms with Crippen LogP contribution in [0.1, 0.15) is 28.8 Å². The van der Waals surface area contributed by atoms with Gasteiger partial charge in [-0.2, -0.15) is 4.31 Å². The van der Waals surface area contributed by atoms with Crippen molar-refractivity contribution in [2.24, 2.45) is 0 Å². The average molecular weight is 345 g/mol. The molecule has 0 radical (unpaired) electrons. The fourth-order valence-electron chi connectivity index (χ4n) is 2.64. The Morgan fingerprint density at radius 3 is 2.46 bits per heavy atom. The minimum atomic E-state index is -3.44. The molecule has 0 unspecified atom stereocenters. The summed E-state index contributed by atoms with van der Waals surface area (Å²) >= 11 is 0. The SMILES string of the molecule is O=C(NCc1cccnc1)c1ccc(S(=O)(=O)N2CCCC2)cc1. The molecule has 3 rings (SSSR count). The Hall–Kier alpha value is -2.25. The standard InChI is InChI=1S/C17H19N3O3S/c21-17(19-13-14-4-3-9-18-12-14)15-5-7-16(8-6-15)24(22,23)20-10-1-2-11-20/h3-9,12H,1-2,10-11,13H2,(H,19,21). The zero-order chi connectivity index (χ0) is 17.0. The summed E-state index contributed by atoms with van der Waals surface area (Å²) in [6.07, 6.45) is 5.15. The van der Waals surface area contributed by atoms with Crippen molar-refractivity contribution in [1.29, 1.82) is 0 Å². The van der Waals surface area contributed by atoms with E-state index < -0.39 is 10.0 Å². The van der Waals surface area contributed by atoms with Crippen molar-refractivity contribution in [2.75, 3.05) is 13.1 Å². The number of carbonyl (C=O) groups is 1. The Labute approximate surface area is 141 Å². The number of hydrogen-bond acceptors (Lipinski definition) is 4. The van der Waals surface area contributed by atoms with Gasteiger partial charge in [-0.15, -0.1) is 0 Å². The molecular formula is C17H19N3O3S. The third kappa shape index (κ3) is 3.63. The summed E-state index contributed by atoms with van der Waals surface area (Å²) in [5, 5.41) is 2.79. The number of rotatable bonds is 5. The van der Waals surface area contributed by atoms with Crippen molar-refractivity contribution in [3.8, 4) is 0 Å². The number of amides is 1. The number of sulfonamides is 1. The molecule has 0 atom stereocenters. The number of hydrogen-bond donors (Lipinski definition) is 1. The van der Waals surface area contributed by atoms with Crippen LogP contribution in [0.3, 0.4) is 0 Å². The van der Waals surface area contributed by atoms with E-state index in [2.05, 4.69) is 10.3 Å². The number of pyridine rings is 1. The fourth-order valence-corrected chi connectivity index (χ4v) is 4.16. The smallest absolute Gasteiger partial charge is 0.251 e. The molecule has 1 aromatic heterocycles. The third-order valence-electron chi connectivity index (χ3n) is 4.00. The largest absolute Gasteiger partial charge is 0.348 e. The van der Waals surface area contributed by atoms with Gasteiger partial charge in [0.15, 0.2) is 0 Å². The van der Waals surface area contributed by atoms with Gasteiger partial charge >= 0.3 is 0 Å². The van der Waals surface area contributed by atoms with Crippen molar-refractivity contribution >= 4 is 15.9 Å². The number of carbonyl (C=O) groups excluding carboxylic acids is 1. The normalized spacial score (nSPS) is 15.3. The van der Waals surface area contributed by atoms with Crippen LogP contribution in [0.5, 0.6) is 0 Å². The Kier molecular flexibility index (Phi) is 4.92. The molecule has 1 saturated heterocycles. The van der Waals surface area contributed by atoms with Gasteiger partial charge in [0.05, 0.1) is 4.90 Å². The first-order chi connectivity index (χ1) is 11.6. The van der Waals surface area contributed by atoms with Crippen LogP contribution in [0.2, 0.25) is 0 Å². The Balaban J connectivity index is 1.66. The summed E-state index contributed by atoms with van der Waals surface area (Å²) in [6, 6.07) is 9.75. The summed E-state index contributed by atoms with van der Waals surface area (Å²) in [5.41, 5.74) is 1.33. The van der Waals surface area contributed by atoms with Gasteiger partial charge < -0.3 is 5.32 Å². The summed E-state index contributed by atoms with van der Waals surface area (Å²) in [4.78, 5) is 16.4. The van der Waals surface area contributed by atoms with Gasteiger partial charge in [0.1, 0.15) is 0 Å². The molecule has 0 spiro atoms. The third-order valence-corrected chi connectivity index (χ3v) is 5.91. The molecule has 0 saturated carbocycles. The van der Waals surface area contributed by atoms with Crippen molar-refractivity contribution < 1.29 is 13.2 Å². The molecule has 0 aliphatic carbocycles. The lowest BCUT2D eigenvalue weighted by molar-refractivity contribution is 0.0951. The van der Waals surface area contributed by atoms with E-state index >= 15 is 0 Å². The van der Waals surface area contributed by atoms with Gasteiger partial charge in [-0.1, -0.05) is 6.07 Å². The Morgan fingerprint density at radius 1 is 1.12 bits per heavy atom. The molecule has 1 amide bonds. The summed E-state index contributed by atoms with van der Waals surface area (Å²) in [5.74, 6) is -0.246. The van der Waals surface area contributed by atoms with Crippen LogP contribution in [0, 0.1) is 0 Å². The highest BCUT2D eigenvalue weighted by Gasteiger charge is 2.27. The minimum absolute atomic E-state index is 0.230. The maximum absolute atomic E-state index is 12.4. The quantitative estimate of drug-likeness (QED) is 0.896. The first-order valence-corrected chi connectivity index (χ1v) is 9.29. The highest BCUT2D eigenvalue weighted by Crippen LogP contribution is 2.21. The Bertz CT molecular complexity index is 799. The highest BCUT2D eigenvalue weighted by atomic mass is 32.2. The second-order valence-corrected chi connectivity index (χ2v) is 7.62. The zero-order valence-electron chi connectivity index (χ0n) is 13.2. The average Bonchev–Trinajstić information content (AvgIpc) is 3.16. The molecule has 2 aromatic rings. The van der Waals surface area contributed by atoms with E-state index in [1.165, 1.54) is 16.4 Å². The molecule has 1 aliphatic rings. The van der Waals surface area contributed by atoms with Crippen LogP contribution in [0.25, 0.3) is 0 Å². The van der Waals surface area contributed by atoms with Gasteiger partial charge in [0, 0.05) is 37.6 Å². The van der Waals surface area contributed by atoms with E-state index in [0.29, 0.717) is 25.2 Å². The van der Waals surface area contributed by atoms with E-state index in [9.17, 15) is 13.2 Å². The molecule has 1 aromatic carbocycles. The summed E-state index contributed by atoms with van der Waals surface area (Å²) in [7, 11) is -3.44. The first-order valence-electron chi connectivity index (χ1n) is 7.85. The van der Waals surface area contributed by atoms with Crippen molar-refractivity contribution in [2.45, 2.75) is 24.3 Å². The molecular weight excluding hydrogens is 326 g/mol. The first kappa shape index (κ1) is 16.6. The maximum Gasteiger partial charge on any atom is 0.251 e. The van der Waals surface area contributed by atoms with E-state index in [1.54, 1.807) is 30.6 Å². The van der Waals surface area contributed by atoms with E-state index in [0.717, 1.165) is 18.4 Å². The molecule has 1 fully saturated rings. The lowest BCUT2D eigenvalue weighted by atomic mass is 10.2. The highest BCUT2D eigenvalue weighted by molar-refractivity contribution is 7.89. The second-order valence-electron chi connectivity index (χ2n) is 5.68. The number of benzene rings is 1. The van der Waals surface area contributed by atoms with Crippen molar-refractivity contribution in [1.82, 2.24) is 14.6 Å². The lowest BCUT2D eigenvalue weighted by Crippen LogP contribution is -2.28.